The van der Waals surface area contributed by atoms with Gasteiger partial charge in [0.2, 0.25) is 5.08 Å². The van der Waals surface area contributed by atoms with Crippen molar-refractivity contribution in [2.75, 3.05) is 12.2 Å². The first kappa shape index (κ1) is 14.3. The fourth-order valence-electron chi connectivity index (χ4n) is 0.635. The van der Waals surface area contributed by atoms with Gasteiger partial charge >= 0.3 is 5.97 Å². The zero-order valence-corrected chi connectivity index (χ0v) is 9.54. The lowest BCUT2D eigenvalue weighted by Gasteiger charge is -2.09. The van der Waals surface area contributed by atoms with Gasteiger partial charge in [0, 0.05) is 0 Å². The van der Waals surface area contributed by atoms with Gasteiger partial charge in [0.05, 0.1) is 7.11 Å². The lowest BCUT2D eigenvalue weighted by Crippen LogP contribution is -2.28. The highest BCUT2D eigenvalue weighted by Gasteiger charge is 2.27. The number of hydrogen-bond donors (Lipinski definition) is 1. The fraction of sp³-hybridized carbons (Fsp3) is 0.800. The van der Waals surface area contributed by atoms with Gasteiger partial charge in [-0.1, -0.05) is 0 Å². The molecule has 1 atom stereocenters. The van der Waals surface area contributed by atoms with E-state index in [-0.39, 0.29) is 0 Å². The van der Waals surface area contributed by atoms with Crippen LogP contribution in [0.3, 0.4) is 0 Å². The zero-order chi connectivity index (χ0) is 12.3. The second-order valence-corrected chi connectivity index (χ2v) is 5.93. The third-order valence-corrected chi connectivity index (χ3v) is 4.05. The molecule has 15 heavy (non-hydrogen) atoms. The smallest absolute Gasteiger partial charge is 0.336 e. The van der Waals surface area contributed by atoms with Crippen molar-refractivity contribution in [3.05, 3.63) is 0 Å². The van der Waals surface area contributed by atoms with Crippen molar-refractivity contribution in [1.29, 1.82) is 0 Å². The largest absolute Gasteiger partial charge is 0.467 e. The molecule has 0 saturated heterocycles. The van der Waals surface area contributed by atoms with Gasteiger partial charge in [0.15, 0.2) is 6.10 Å². The highest BCUT2D eigenvalue weighted by atomic mass is 32.3. The van der Waals surface area contributed by atoms with Crippen molar-refractivity contribution in [1.82, 2.24) is 0 Å². The molecule has 0 aromatic rings. The van der Waals surface area contributed by atoms with Crippen LogP contribution in [-0.2, 0) is 34.0 Å². The van der Waals surface area contributed by atoms with E-state index in [4.69, 9.17) is 4.55 Å². The van der Waals surface area contributed by atoms with Gasteiger partial charge in [-0.05, 0) is 6.92 Å². The molecule has 0 aromatic carbocycles. The Morgan fingerprint density at radius 2 is 1.80 bits per heavy atom. The Labute approximate surface area is 87.1 Å². The molecule has 1 N–H and O–H groups in total. The van der Waals surface area contributed by atoms with Crippen molar-refractivity contribution in [3.63, 3.8) is 0 Å². The lowest BCUT2D eigenvalue weighted by atomic mass is 10.4. The Morgan fingerprint density at radius 1 is 1.33 bits per heavy atom. The molecule has 0 aliphatic heterocycles. The molecular weight excluding hydrogens is 252 g/mol. The zero-order valence-electron chi connectivity index (χ0n) is 7.91. The molecule has 0 radical (unpaired) electrons. The van der Waals surface area contributed by atoms with Crippen LogP contribution >= 0.6 is 0 Å². The van der Waals surface area contributed by atoms with Crippen molar-refractivity contribution < 1.29 is 35.1 Å². The van der Waals surface area contributed by atoms with E-state index in [1.807, 2.05) is 0 Å². The topological polar surface area (TPSA) is 124 Å². The Morgan fingerprint density at radius 3 is 2.13 bits per heavy atom. The van der Waals surface area contributed by atoms with Crippen LogP contribution in [0.1, 0.15) is 6.92 Å². The van der Waals surface area contributed by atoms with E-state index < -0.39 is 37.4 Å². The minimum atomic E-state index is -4.72. The normalized spacial score (nSPS) is 14.6. The molecule has 1 unspecified atom stereocenters. The molecule has 0 amide bonds. The van der Waals surface area contributed by atoms with Gasteiger partial charge in [-0.15, -0.1) is 0 Å². The van der Waals surface area contributed by atoms with Crippen molar-refractivity contribution in [3.8, 4) is 0 Å². The summed E-state index contributed by atoms with van der Waals surface area (Å²) in [6.07, 6.45) is -1.47. The number of hydrogen-bond acceptors (Lipinski definition) is 7. The van der Waals surface area contributed by atoms with Crippen LogP contribution < -0.4 is 0 Å². The van der Waals surface area contributed by atoms with Gasteiger partial charge in [-0.2, -0.15) is 16.8 Å². The molecular formula is C5H10O8S2. The second-order valence-electron chi connectivity index (χ2n) is 2.52. The Balaban J connectivity index is 4.60. The number of esters is 1. The van der Waals surface area contributed by atoms with Crippen LogP contribution in [0.5, 0.6) is 0 Å². The lowest BCUT2D eigenvalue weighted by molar-refractivity contribution is -0.147. The Kier molecular flexibility index (Phi) is 4.65. The van der Waals surface area contributed by atoms with Crippen LogP contribution in [0, 0.1) is 0 Å². The SMILES string of the molecule is COC(=O)C(C)OS(=O)(=O)CS(=O)(=O)O. The fourth-order valence-corrected chi connectivity index (χ4v) is 2.84. The number of carbonyl (C=O) groups is 1. The monoisotopic (exact) mass is 262 g/mol. The van der Waals surface area contributed by atoms with Crippen LogP contribution in [0.4, 0.5) is 0 Å². The minimum absolute atomic E-state index is 0.978. The number of rotatable bonds is 5. The van der Waals surface area contributed by atoms with E-state index in [1.165, 1.54) is 0 Å². The third-order valence-electron chi connectivity index (χ3n) is 1.12. The van der Waals surface area contributed by atoms with Gasteiger partial charge in [-0.3, -0.25) is 8.74 Å². The maximum Gasteiger partial charge on any atom is 0.336 e. The highest BCUT2D eigenvalue weighted by Crippen LogP contribution is 2.04. The number of methoxy groups -OCH3 is 1. The quantitative estimate of drug-likeness (QED) is 0.370. The maximum atomic E-state index is 10.9. The summed E-state index contributed by atoms with van der Waals surface area (Å²) in [5.74, 6) is -0.978. The summed E-state index contributed by atoms with van der Waals surface area (Å²) in [7, 11) is -8.25. The molecule has 0 aliphatic carbocycles. The summed E-state index contributed by atoms with van der Waals surface area (Å²) >= 11 is 0. The van der Waals surface area contributed by atoms with Gasteiger partial charge in [-0.25, -0.2) is 4.79 Å². The predicted molar refractivity (Wildman–Crippen MR) is 47.9 cm³/mol. The second kappa shape index (κ2) is 4.88. The molecule has 0 spiro atoms. The summed E-state index contributed by atoms with van der Waals surface area (Å²) in [6, 6.07) is 0. The Bertz CT molecular complexity index is 418. The molecule has 0 aromatic heterocycles. The molecule has 0 bridgehead atoms. The predicted octanol–water partition coefficient (Wildman–Crippen LogP) is -1.26. The van der Waals surface area contributed by atoms with Crippen LogP contribution in [0.15, 0.2) is 0 Å². The molecule has 90 valence electrons. The molecule has 8 nitrogen and oxygen atoms in total. The van der Waals surface area contributed by atoms with E-state index >= 15 is 0 Å². The first-order valence-corrected chi connectivity index (χ1v) is 6.70. The summed E-state index contributed by atoms with van der Waals surface area (Å²) in [4.78, 5) is 10.7. The first-order valence-electron chi connectivity index (χ1n) is 3.51. The Hall–Kier alpha value is -0.710. The van der Waals surface area contributed by atoms with Crippen LogP contribution in [0.2, 0.25) is 0 Å². The third kappa shape index (κ3) is 6.38. The number of ether oxygens (including phenoxy) is 1. The van der Waals surface area contributed by atoms with E-state index in [0.717, 1.165) is 14.0 Å². The average Bonchev–Trinajstić information content (AvgIpc) is 1.96. The standard InChI is InChI=1S/C5H10O8S2/c1-4(5(6)12-2)13-15(10,11)3-14(7,8)9/h4H,3H2,1-2H3,(H,7,8,9). The van der Waals surface area contributed by atoms with E-state index in [1.54, 1.807) is 0 Å². The van der Waals surface area contributed by atoms with E-state index in [2.05, 4.69) is 8.92 Å². The molecule has 10 heteroatoms. The van der Waals surface area contributed by atoms with Crippen LogP contribution in [-0.4, -0.2) is 45.7 Å². The molecule has 0 saturated carbocycles. The van der Waals surface area contributed by atoms with Crippen molar-refractivity contribution >= 4 is 26.2 Å². The summed E-state index contributed by atoms with van der Waals surface area (Å²) in [5, 5.41) is -1.61. The first-order chi connectivity index (χ1) is 6.57. The minimum Gasteiger partial charge on any atom is -0.467 e. The van der Waals surface area contributed by atoms with Crippen molar-refractivity contribution in [2.45, 2.75) is 13.0 Å². The van der Waals surface area contributed by atoms with Crippen molar-refractivity contribution in [2.24, 2.45) is 0 Å². The summed E-state index contributed by atoms with van der Waals surface area (Å²) < 4.78 is 58.8. The number of carbonyl (C=O) groups excluding carboxylic acids is 1. The molecule has 0 aliphatic rings. The van der Waals surface area contributed by atoms with E-state index in [9.17, 15) is 21.6 Å². The van der Waals surface area contributed by atoms with Gasteiger partial charge in [0.1, 0.15) is 0 Å². The van der Waals surface area contributed by atoms with Crippen LogP contribution in [0.25, 0.3) is 0 Å². The summed E-state index contributed by atoms with van der Waals surface area (Å²) in [5.41, 5.74) is 0. The maximum absolute atomic E-state index is 10.9. The van der Waals surface area contributed by atoms with E-state index in [0.29, 0.717) is 0 Å². The highest BCUT2D eigenvalue weighted by molar-refractivity contribution is 8.03. The average molecular weight is 262 g/mol. The molecule has 0 heterocycles. The van der Waals surface area contributed by atoms with Gasteiger partial charge < -0.3 is 4.74 Å². The molecule has 0 fully saturated rings. The molecule has 0 rings (SSSR count). The van der Waals surface area contributed by atoms with Gasteiger partial charge in [0.25, 0.3) is 20.2 Å². The summed E-state index contributed by atoms with van der Waals surface area (Å²) in [6.45, 7) is 1.06.